The second-order valence-electron chi connectivity index (χ2n) is 1.18. The molecule has 0 radical (unpaired) electrons. The number of aliphatic carboxylic acids is 1. The second-order valence-corrected chi connectivity index (χ2v) is 1.18. The zero-order chi connectivity index (χ0) is 7.28. The van der Waals surface area contributed by atoms with E-state index in [-0.39, 0.29) is 0 Å². The molecule has 9 heavy (non-hydrogen) atoms. The molecule has 0 rings (SSSR count). The maximum Gasteiger partial charge on any atom is 0.349 e. The standard InChI is InChI=1S/C5H5NO3/c1-9-3-4(2-6)5(7)8/h3H,1H3,(H,7,8)/b4-3+. The summed E-state index contributed by atoms with van der Waals surface area (Å²) in [4.78, 5) is 9.95. The minimum Gasteiger partial charge on any atom is -0.503 e. The predicted octanol–water partition coefficient (Wildman–Crippen LogP) is 0.125. The van der Waals surface area contributed by atoms with Crippen LogP contribution in [0.1, 0.15) is 0 Å². The molecule has 4 nitrogen and oxygen atoms in total. The Bertz CT molecular complexity index is 177. The van der Waals surface area contributed by atoms with Gasteiger partial charge in [-0.25, -0.2) is 4.79 Å². The lowest BCUT2D eigenvalue weighted by Gasteiger charge is -1.86. The first-order valence-electron chi connectivity index (χ1n) is 2.08. The fourth-order valence-corrected chi connectivity index (χ4v) is 0.242. The third-order valence-corrected chi connectivity index (χ3v) is 0.587. The Balaban J connectivity index is 4.20. The van der Waals surface area contributed by atoms with E-state index in [0.29, 0.717) is 0 Å². The highest BCUT2D eigenvalue weighted by Gasteiger charge is 2.03. The average molecular weight is 127 g/mol. The summed E-state index contributed by atoms with van der Waals surface area (Å²) < 4.78 is 4.29. The third-order valence-electron chi connectivity index (χ3n) is 0.587. The molecule has 0 saturated carbocycles. The molecule has 0 saturated heterocycles. The largest absolute Gasteiger partial charge is 0.503 e. The first-order valence-corrected chi connectivity index (χ1v) is 2.08. The first-order chi connectivity index (χ1) is 4.22. The molecule has 0 aliphatic carbocycles. The number of rotatable bonds is 2. The Morgan fingerprint density at radius 2 is 2.44 bits per heavy atom. The van der Waals surface area contributed by atoms with Crippen LogP contribution in [0.4, 0.5) is 0 Å². The lowest BCUT2D eigenvalue weighted by atomic mass is 10.3. The maximum absolute atomic E-state index is 9.95. The van der Waals surface area contributed by atoms with Crippen molar-refractivity contribution < 1.29 is 14.6 Å². The summed E-state index contributed by atoms with van der Waals surface area (Å²) in [6.45, 7) is 0. The van der Waals surface area contributed by atoms with Crippen molar-refractivity contribution in [1.82, 2.24) is 0 Å². The van der Waals surface area contributed by atoms with Gasteiger partial charge in [-0.2, -0.15) is 5.26 Å². The molecule has 0 unspecified atom stereocenters. The van der Waals surface area contributed by atoms with Crippen LogP contribution in [0.25, 0.3) is 0 Å². The lowest BCUT2D eigenvalue weighted by Crippen LogP contribution is -1.97. The van der Waals surface area contributed by atoms with Gasteiger partial charge in [0.15, 0.2) is 5.57 Å². The molecule has 0 spiro atoms. The van der Waals surface area contributed by atoms with Gasteiger partial charge in [0.1, 0.15) is 12.3 Å². The Morgan fingerprint density at radius 3 is 2.56 bits per heavy atom. The molecule has 0 amide bonds. The van der Waals surface area contributed by atoms with Gasteiger partial charge in [-0.05, 0) is 0 Å². The number of ether oxygens (including phenoxy) is 1. The van der Waals surface area contributed by atoms with Crippen LogP contribution in [-0.4, -0.2) is 18.2 Å². The van der Waals surface area contributed by atoms with Crippen LogP contribution in [0.5, 0.6) is 0 Å². The van der Waals surface area contributed by atoms with E-state index in [2.05, 4.69) is 4.74 Å². The highest BCUT2D eigenvalue weighted by Crippen LogP contribution is 1.90. The van der Waals surface area contributed by atoms with Crippen LogP contribution in [0.15, 0.2) is 11.8 Å². The number of nitriles is 1. The van der Waals surface area contributed by atoms with Crippen LogP contribution >= 0.6 is 0 Å². The highest BCUT2D eigenvalue weighted by molar-refractivity contribution is 5.90. The molecule has 1 N–H and O–H groups in total. The van der Waals surface area contributed by atoms with Gasteiger partial charge in [-0.15, -0.1) is 0 Å². The van der Waals surface area contributed by atoms with Gasteiger partial charge in [0.05, 0.1) is 7.11 Å². The van der Waals surface area contributed by atoms with Gasteiger partial charge in [-0.3, -0.25) is 0 Å². The zero-order valence-electron chi connectivity index (χ0n) is 4.79. The second kappa shape index (κ2) is 3.50. The monoisotopic (exact) mass is 127 g/mol. The van der Waals surface area contributed by atoms with Crippen molar-refractivity contribution >= 4 is 5.97 Å². The molecule has 0 aromatic heterocycles. The summed E-state index contributed by atoms with van der Waals surface area (Å²) in [6, 6.07) is 1.44. The molecule has 48 valence electrons. The number of carboxylic acids is 1. The van der Waals surface area contributed by atoms with Gasteiger partial charge in [0, 0.05) is 0 Å². The van der Waals surface area contributed by atoms with E-state index in [1.807, 2.05) is 0 Å². The van der Waals surface area contributed by atoms with Crippen LogP contribution in [0.3, 0.4) is 0 Å². The van der Waals surface area contributed by atoms with E-state index in [1.165, 1.54) is 13.2 Å². The number of nitrogens with zero attached hydrogens (tertiary/aromatic N) is 1. The van der Waals surface area contributed by atoms with Crippen molar-refractivity contribution in [2.45, 2.75) is 0 Å². The van der Waals surface area contributed by atoms with Gasteiger partial charge in [0.25, 0.3) is 0 Å². The summed E-state index contributed by atoms with van der Waals surface area (Å²) in [7, 11) is 1.28. The molecule has 0 aromatic carbocycles. The topological polar surface area (TPSA) is 70.3 Å². The normalized spacial score (nSPS) is 10.0. The summed E-state index contributed by atoms with van der Waals surface area (Å²) in [5, 5.41) is 16.2. The fourth-order valence-electron chi connectivity index (χ4n) is 0.242. The highest BCUT2D eigenvalue weighted by atomic mass is 16.5. The van der Waals surface area contributed by atoms with Gasteiger partial charge < -0.3 is 9.84 Å². The minimum atomic E-state index is -1.28. The molecular formula is C5H5NO3. The van der Waals surface area contributed by atoms with E-state index >= 15 is 0 Å². The van der Waals surface area contributed by atoms with E-state index in [4.69, 9.17) is 10.4 Å². The molecule has 0 aromatic rings. The summed E-state index contributed by atoms with van der Waals surface area (Å²) in [5.41, 5.74) is -0.405. The van der Waals surface area contributed by atoms with Gasteiger partial charge >= 0.3 is 5.97 Å². The quantitative estimate of drug-likeness (QED) is 0.325. The Kier molecular flexibility index (Phi) is 2.91. The molecule has 0 atom stereocenters. The van der Waals surface area contributed by atoms with Crippen molar-refractivity contribution in [3.8, 4) is 6.07 Å². The molecule has 0 aliphatic rings. The summed E-state index contributed by atoms with van der Waals surface area (Å²) in [5.74, 6) is -1.28. The van der Waals surface area contributed by atoms with E-state index in [1.54, 1.807) is 0 Å². The van der Waals surface area contributed by atoms with Crippen molar-refractivity contribution in [3.05, 3.63) is 11.8 Å². The van der Waals surface area contributed by atoms with Crippen LogP contribution < -0.4 is 0 Å². The van der Waals surface area contributed by atoms with E-state index < -0.39 is 11.5 Å². The number of hydrogen-bond acceptors (Lipinski definition) is 3. The molecule has 0 aliphatic heterocycles. The zero-order valence-corrected chi connectivity index (χ0v) is 4.79. The van der Waals surface area contributed by atoms with Crippen LogP contribution in [-0.2, 0) is 9.53 Å². The molecule has 0 bridgehead atoms. The van der Waals surface area contributed by atoms with Crippen molar-refractivity contribution in [1.29, 1.82) is 5.26 Å². The first kappa shape index (κ1) is 7.50. The maximum atomic E-state index is 9.95. The summed E-state index contributed by atoms with van der Waals surface area (Å²) in [6.07, 6.45) is 0.877. The Hall–Kier alpha value is -1.50. The SMILES string of the molecule is CO/C=C(\C#N)C(=O)O. The third kappa shape index (κ3) is 2.34. The van der Waals surface area contributed by atoms with Crippen LogP contribution in [0.2, 0.25) is 0 Å². The van der Waals surface area contributed by atoms with Crippen molar-refractivity contribution in [2.75, 3.05) is 7.11 Å². The van der Waals surface area contributed by atoms with Crippen molar-refractivity contribution in [3.63, 3.8) is 0 Å². The summed E-state index contributed by atoms with van der Waals surface area (Å²) >= 11 is 0. The van der Waals surface area contributed by atoms with Gasteiger partial charge in [0.2, 0.25) is 0 Å². The number of hydrogen-bond donors (Lipinski definition) is 1. The smallest absolute Gasteiger partial charge is 0.349 e. The minimum absolute atomic E-state index is 0.405. The molecule has 0 fully saturated rings. The number of carboxylic acid groups (broad SMARTS) is 1. The van der Waals surface area contributed by atoms with Gasteiger partial charge in [-0.1, -0.05) is 0 Å². The molecular weight excluding hydrogens is 122 g/mol. The van der Waals surface area contributed by atoms with E-state index in [9.17, 15) is 4.79 Å². The molecule has 0 heterocycles. The van der Waals surface area contributed by atoms with E-state index in [0.717, 1.165) is 6.26 Å². The molecule has 4 heteroatoms. The average Bonchev–Trinajstić information content (AvgIpc) is 1.82. The Labute approximate surface area is 52.0 Å². The Morgan fingerprint density at radius 1 is 1.89 bits per heavy atom. The van der Waals surface area contributed by atoms with Crippen LogP contribution in [0, 0.1) is 11.3 Å². The number of carbonyl (C=O) groups is 1. The lowest BCUT2D eigenvalue weighted by molar-refractivity contribution is -0.132. The number of methoxy groups -OCH3 is 1. The fraction of sp³-hybridized carbons (Fsp3) is 0.200. The predicted molar refractivity (Wildman–Crippen MR) is 28.3 cm³/mol. The van der Waals surface area contributed by atoms with Crippen molar-refractivity contribution in [2.24, 2.45) is 0 Å².